The quantitative estimate of drug-likeness (QED) is 0.736. The van der Waals surface area contributed by atoms with Crippen molar-refractivity contribution in [2.24, 2.45) is 0 Å². The zero-order valence-corrected chi connectivity index (χ0v) is 9.09. The largest absolute Gasteiger partial charge is 0.393 e. The molecule has 0 aromatic heterocycles. The van der Waals surface area contributed by atoms with E-state index in [0.29, 0.717) is 0 Å². The summed E-state index contributed by atoms with van der Waals surface area (Å²) < 4.78 is 0. The molecule has 1 aromatic rings. The molecule has 0 bridgehead atoms. The number of nitrogens with one attached hydrogen (secondary N) is 1. The van der Waals surface area contributed by atoms with Crippen molar-refractivity contribution in [2.45, 2.75) is 26.0 Å². The molecule has 0 spiro atoms. The molecule has 2 nitrogen and oxygen atoms in total. The van der Waals surface area contributed by atoms with Crippen molar-refractivity contribution in [3.63, 3.8) is 0 Å². The highest BCUT2D eigenvalue weighted by Crippen LogP contribution is 2.10. The van der Waals surface area contributed by atoms with E-state index in [-0.39, 0.29) is 6.10 Å². The van der Waals surface area contributed by atoms with E-state index >= 15 is 0 Å². The average molecular weight is 214 g/mol. The molecule has 0 aliphatic carbocycles. The van der Waals surface area contributed by atoms with Gasteiger partial charge in [0.15, 0.2) is 0 Å². The van der Waals surface area contributed by atoms with E-state index < -0.39 is 0 Å². The Balaban J connectivity index is 2.25. The van der Waals surface area contributed by atoms with Gasteiger partial charge in [-0.05, 0) is 37.6 Å². The lowest BCUT2D eigenvalue weighted by atomic mass is 10.2. The molecule has 0 radical (unpaired) electrons. The molecule has 0 saturated heterocycles. The Labute approximate surface area is 89.9 Å². The first-order valence-electron chi connectivity index (χ1n) is 4.81. The molecule has 14 heavy (non-hydrogen) atoms. The molecule has 0 heterocycles. The molecule has 2 N–H and O–H groups in total. The number of aliphatic hydroxyl groups is 1. The van der Waals surface area contributed by atoms with Crippen molar-refractivity contribution in [1.29, 1.82) is 0 Å². The van der Waals surface area contributed by atoms with Crippen molar-refractivity contribution < 1.29 is 5.11 Å². The third-order valence-corrected chi connectivity index (χ3v) is 2.19. The summed E-state index contributed by atoms with van der Waals surface area (Å²) in [6, 6.07) is 7.77. The fourth-order valence-corrected chi connectivity index (χ4v) is 1.40. The van der Waals surface area contributed by atoms with Gasteiger partial charge < -0.3 is 10.4 Å². The molecule has 0 unspecified atom stereocenters. The normalized spacial score (nSPS) is 12.8. The lowest BCUT2D eigenvalue weighted by molar-refractivity contribution is 0.183. The van der Waals surface area contributed by atoms with Gasteiger partial charge in [-0.1, -0.05) is 23.7 Å². The number of aliphatic hydroxyl groups excluding tert-OH is 1. The van der Waals surface area contributed by atoms with Crippen LogP contribution in [0.15, 0.2) is 24.3 Å². The van der Waals surface area contributed by atoms with E-state index in [4.69, 9.17) is 16.7 Å². The Kier molecular flexibility index (Phi) is 4.94. The summed E-state index contributed by atoms with van der Waals surface area (Å²) in [6.07, 6.45) is 0.544. The fourth-order valence-electron chi connectivity index (χ4n) is 1.19. The third-order valence-electron chi connectivity index (χ3n) is 1.96. The summed E-state index contributed by atoms with van der Waals surface area (Å²) >= 11 is 5.84. The second kappa shape index (κ2) is 6.02. The molecule has 1 rings (SSSR count). The Morgan fingerprint density at radius 3 is 2.93 bits per heavy atom. The third kappa shape index (κ3) is 4.61. The molecule has 0 aliphatic rings. The molecule has 0 saturated carbocycles. The molecule has 0 amide bonds. The summed E-state index contributed by atoms with van der Waals surface area (Å²) in [5.41, 5.74) is 1.17. The van der Waals surface area contributed by atoms with Crippen LogP contribution in [0.25, 0.3) is 0 Å². The fraction of sp³-hybridized carbons (Fsp3) is 0.455. The summed E-state index contributed by atoms with van der Waals surface area (Å²) in [5.74, 6) is 0. The first-order chi connectivity index (χ1) is 6.68. The second-order valence-electron chi connectivity index (χ2n) is 3.44. The second-order valence-corrected chi connectivity index (χ2v) is 3.88. The number of hydrogen-bond donors (Lipinski definition) is 2. The van der Waals surface area contributed by atoms with Gasteiger partial charge in [0.1, 0.15) is 0 Å². The molecular formula is C11H16ClNO. The van der Waals surface area contributed by atoms with Crippen molar-refractivity contribution in [1.82, 2.24) is 5.32 Å². The Morgan fingerprint density at radius 1 is 1.50 bits per heavy atom. The molecule has 1 atom stereocenters. The average Bonchev–Trinajstić information content (AvgIpc) is 2.12. The van der Waals surface area contributed by atoms with Crippen LogP contribution >= 0.6 is 11.6 Å². The van der Waals surface area contributed by atoms with Gasteiger partial charge in [0.25, 0.3) is 0 Å². The smallest absolute Gasteiger partial charge is 0.0524 e. The van der Waals surface area contributed by atoms with Crippen LogP contribution in [0.2, 0.25) is 5.02 Å². The van der Waals surface area contributed by atoms with Crippen LogP contribution < -0.4 is 5.32 Å². The highest BCUT2D eigenvalue weighted by Gasteiger charge is 1.96. The Hall–Kier alpha value is -0.570. The van der Waals surface area contributed by atoms with Gasteiger partial charge in [-0.3, -0.25) is 0 Å². The zero-order valence-electron chi connectivity index (χ0n) is 8.33. The summed E-state index contributed by atoms with van der Waals surface area (Å²) in [4.78, 5) is 0. The van der Waals surface area contributed by atoms with Crippen LogP contribution in [0.1, 0.15) is 18.9 Å². The molecule has 0 fully saturated rings. The SMILES string of the molecule is C[C@H](O)CCNCc1cccc(Cl)c1. The molecule has 1 aromatic carbocycles. The first-order valence-corrected chi connectivity index (χ1v) is 5.19. The van der Waals surface area contributed by atoms with Crippen LogP contribution in [0.4, 0.5) is 0 Å². The van der Waals surface area contributed by atoms with Gasteiger partial charge in [-0.15, -0.1) is 0 Å². The summed E-state index contributed by atoms with van der Waals surface area (Å²) in [6.45, 7) is 3.42. The number of hydrogen-bond acceptors (Lipinski definition) is 2. The Bertz CT molecular complexity index is 276. The highest BCUT2D eigenvalue weighted by molar-refractivity contribution is 6.30. The van der Waals surface area contributed by atoms with Crippen molar-refractivity contribution in [3.05, 3.63) is 34.9 Å². The van der Waals surface area contributed by atoms with Crippen molar-refractivity contribution in [2.75, 3.05) is 6.54 Å². The van der Waals surface area contributed by atoms with E-state index in [9.17, 15) is 0 Å². The summed E-state index contributed by atoms with van der Waals surface area (Å²) in [7, 11) is 0. The van der Waals surface area contributed by atoms with Gasteiger partial charge in [-0.25, -0.2) is 0 Å². The van der Waals surface area contributed by atoms with Crippen LogP contribution in [0.5, 0.6) is 0 Å². The molecular weight excluding hydrogens is 198 g/mol. The van der Waals surface area contributed by atoms with Gasteiger partial charge in [-0.2, -0.15) is 0 Å². The van der Waals surface area contributed by atoms with E-state index in [1.54, 1.807) is 6.92 Å². The van der Waals surface area contributed by atoms with E-state index in [2.05, 4.69) is 5.32 Å². The number of rotatable bonds is 5. The molecule has 78 valence electrons. The van der Waals surface area contributed by atoms with Crippen molar-refractivity contribution in [3.8, 4) is 0 Å². The van der Waals surface area contributed by atoms with E-state index in [0.717, 1.165) is 24.5 Å². The molecule has 3 heteroatoms. The maximum absolute atomic E-state index is 9.03. The monoisotopic (exact) mass is 213 g/mol. The van der Waals surface area contributed by atoms with Crippen LogP contribution in [0, 0.1) is 0 Å². The van der Waals surface area contributed by atoms with Gasteiger partial charge >= 0.3 is 0 Å². The highest BCUT2D eigenvalue weighted by atomic mass is 35.5. The number of halogens is 1. The number of benzene rings is 1. The first kappa shape index (κ1) is 11.5. The van der Waals surface area contributed by atoms with Crippen molar-refractivity contribution >= 4 is 11.6 Å². The van der Waals surface area contributed by atoms with E-state index in [1.807, 2.05) is 24.3 Å². The predicted octanol–water partition coefficient (Wildman–Crippen LogP) is 2.20. The minimum atomic E-state index is -0.234. The summed E-state index contributed by atoms with van der Waals surface area (Å²) in [5, 5.41) is 13.0. The lowest BCUT2D eigenvalue weighted by Gasteiger charge is -2.06. The topological polar surface area (TPSA) is 32.3 Å². The van der Waals surface area contributed by atoms with E-state index in [1.165, 1.54) is 5.56 Å². The van der Waals surface area contributed by atoms with Crippen LogP contribution in [0.3, 0.4) is 0 Å². The lowest BCUT2D eigenvalue weighted by Crippen LogP contribution is -2.18. The maximum atomic E-state index is 9.03. The van der Waals surface area contributed by atoms with Gasteiger partial charge in [0, 0.05) is 11.6 Å². The standard InChI is InChI=1S/C11H16ClNO/c1-9(14)5-6-13-8-10-3-2-4-11(12)7-10/h2-4,7,9,13-14H,5-6,8H2,1H3/t9-/m0/s1. The predicted molar refractivity (Wildman–Crippen MR) is 59.5 cm³/mol. The minimum absolute atomic E-state index is 0.234. The maximum Gasteiger partial charge on any atom is 0.0524 e. The van der Waals surface area contributed by atoms with Gasteiger partial charge in [0.2, 0.25) is 0 Å². The van der Waals surface area contributed by atoms with Crippen LogP contribution in [-0.2, 0) is 6.54 Å². The zero-order chi connectivity index (χ0) is 10.4. The van der Waals surface area contributed by atoms with Gasteiger partial charge in [0.05, 0.1) is 6.10 Å². The van der Waals surface area contributed by atoms with Crippen LogP contribution in [-0.4, -0.2) is 17.8 Å². The molecule has 0 aliphatic heterocycles. The Morgan fingerprint density at radius 2 is 2.29 bits per heavy atom. The minimum Gasteiger partial charge on any atom is -0.393 e.